The lowest BCUT2D eigenvalue weighted by atomic mass is 10.2. The smallest absolute Gasteiger partial charge is 0.325 e. The Balaban J connectivity index is 1.74. The number of hydrogen-bond acceptors (Lipinski definition) is 5. The highest BCUT2D eigenvalue weighted by molar-refractivity contribution is 9.10. The number of carbonyl (C=O) groups excluding carboxylic acids is 1. The van der Waals surface area contributed by atoms with Gasteiger partial charge in [-0.05, 0) is 48.0 Å². The number of amides is 1. The third kappa shape index (κ3) is 4.06. The summed E-state index contributed by atoms with van der Waals surface area (Å²) in [5.74, 6) is -0.392. The molecule has 0 radical (unpaired) electrons. The summed E-state index contributed by atoms with van der Waals surface area (Å²) in [5.41, 5.74) is 0.623. The fraction of sp³-hybridized carbons (Fsp3) is 0.0952. The predicted octanol–water partition coefficient (Wildman–Crippen LogP) is 2.40. The molecule has 3 heterocycles. The molecular weight excluding hydrogens is 450 g/mol. The Bertz CT molecular complexity index is 1330. The van der Waals surface area contributed by atoms with E-state index in [0.717, 1.165) is 9.04 Å². The van der Waals surface area contributed by atoms with Gasteiger partial charge in [0.15, 0.2) is 5.52 Å². The molecule has 1 amide bonds. The minimum atomic E-state index is -0.588. The molecule has 4 rings (SSSR count). The van der Waals surface area contributed by atoms with Gasteiger partial charge in [-0.25, -0.2) is 9.78 Å². The van der Waals surface area contributed by atoms with Gasteiger partial charge in [-0.3, -0.25) is 23.7 Å². The number of pyridine rings is 2. The second kappa shape index (κ2) is 8.42. The summed E-state index contributed by atoms with van der Waals surface area (Å²) in [7, 11) is 0. The van der Waals surface area contributed by atoms with E-state index >= 15 is 0 Å². The highest BCUT2D eigenvalue weighted by Crippen LogP contribution is 2.14. The van der Waals surface area contributed by atoms with Crippen molar-refractivity contribution in [3.63, 3.8) is 0 Å². The molecule has 0 aliphatic carbocycles. The zero-order valence-corrected chi connectivity index (χ0v) is 17.2. The number of fused-ring (bicyclic) bond motifs is 1. The first-order valence-corrected chi connectivity index (χ1v) is 9.85. The number of rotatable bonds is 5. The van der Waals surface area contributed by atoms with Gasteiger partial charge in [-0.1, -0.05) is 22.0 Å². The fourth-order valence-electron chi connectivity index (χ4n) is 3.09. The molecule has 30 heavy (non-hydrogen) atoms. The molecular formula is C21H16BrN5O3. The topological polar surface area (TPSA) is 98.9 Å². The van der Waals surface area contributed by atoms with E-state index in [1.165, 1.54) is 10.8 Å². The third-order valence-electron chi connectivity index (χ3n) is 4.48. The number of nitrogens with one attached hydrogen (secondary N) is 1. The van der Waals surface area contributed by atoms with Crippen molar-refractivity contribution >= 4 is 38.6 Å². The molecule has 0 aliphatic rings. The van der Waals surface area contributed by atoms with Gasteiger partial charge in [0.25, 0.3) is 5.56 Å². The summed E-state index contributed by atoms with van der Waals surface area (Å²) < 4.78 is 3.21. The standard InChI is InChI=1S/C21H16BrN5O3/c22-15-5-7-16(8-6-15)25-18(28)13-26-17-4-2-10-24-19(17)20(29)27(21(26)30)12-14-3-1-9-23-11-14/h1-11H,12-13H2,(H,25,28). The van der Waals surface area contributed by atoms with E-state index in [1.807, 2.05) is 0 Å². The van der Waals surface area contributed by atoms with Gasteiger partial charge in [0.1, 0.15) is 6.54 Å². The highest BCUT2D eigenvalue weighted by Gasteiger charge is 2.16. The van der Waals surface area contributed by atoms with Crippen LogP contribution in [0.15, 0.2) is 81.2 Å². The Morgan fingerprint density at radius 3 is 2.50 bits per heavy atom. The molecule has 9 heteroatoms. The van der Waals surface area contributed by atoms with Crippen molar-refractivity contribution in [2.75, 3.05) is 5.32 Å². The average Bonchev–Trinajstić information content (AvgIpc) is 2.76. The minimum Gasteiger partial charge on any atom is -0.325 e. The summed E-state index contributed by atoms with van der Waals surface area (Å²) in [6.45, 7) is -0.225. The average molecular weight is 466 g/mol. The maximum Gasteiger partial charge on any atom is 0.332 e. The molecule has 4 aromatic rings. The molecule has 3 aromatic heterocycles. The number of nitrogens with zero attached hydrogens (tertiary/aromatic N) is 4. The molecule has 0 spiro atoms. The molecule has 0 bridgehead atoms. The summed E-state index contributed by atoms with van der Waals surface area (Å²) >= 11 is 3.34. The second-order valence-electron chi connectivity index (χ2n) is 6.55. The molecule has 0 fully saturated rings. The Hall–Kier alpha value is -3.59. The number of halogens is 1. The lowest BCUT2D eigenvalue weighted by Gasteiger charge is -2.13. The van der Waals surface area contributed by atoms with Crippen molar-refractivity contribution in [3.05, 3.63) is 98.0 Å². The van der Waals surface area contributed by atoms with E-state index in [1.54, 1.807) is 60.9 Å². The van der Waals surface area contributed by atoms with Crippen molar-refractivity contribution in [3.8, 4) is 0 Å². The molecule has 0 aliphatic heterocycles. The molecule has 1 aromatic carbocycles. The highest BCUT2D eigenvalue weighted by atomic mass is 79.9. The predicted molar refractivity (Wildman–Crippen MR) is 116 cm³/mol. The van der Waals surface area contributed by atoms with Gasteiger partial charge < -0.3 is 5.32 Å². The number of benzene rings is 1. The molecule has 0 saturated heterocycles. The molecule has 8 nitrogen and oxygen atoms in total. The van der Waals surface area contributed by atoms with Crippen LogP contribution in [0.1, 0.15) is 5.56 Å². The van der Waals surface area contributed by atoms with Crippen LogP contribution < -0.4 is 16.6 Å². The van der Waals surface area contributed by atoms with E-state index in [9.17, 15) is 14.4 Å². The third-order valence-corrected chi connectivity index (χ3v) is 5.01. The summed E-state index contributed by atoms with van der Waals surface area (Å²) in [4.78, 5) is 46.8. The van der Waals surface area contributed by atoms with Gasteiger partial charge in [0, 0.05) is 28.8 Å². The Morgan fingerprint density at radius 1 is 1.00 bits per heavy atom. The van der Waals surface area contributed by atoms with Gasteiger partial charge in [0.05, 0.1) is 12.1 Å². The molecule has 0 saturated carbocycles. The lowest BCUT2D eigenvalue weighted by molar-refractivity contribution is -0.116. The molecule has 0 unspecified atom stereocenters. The largest absolute Gasteiger partial charge is 0.332 e. The van der Waals surface area contributed by atoms with Gasteiger partial charge in [0.2, 0.25) is 5.91 Å². The Kier molecular flexibility index (Phi) is 5.53. The van der Waals surface area contributed by atoms with Crippen LogP contribution in [0.2, 0.25) is 0 Å². The van der Waals surface area contributed by atoms with E-state index in [0.29, 0.717) is 16.8 Å². The van der Waals surface area contributed by atoms with E-state index in [4.69, 9.17) is 0 Å². The maximum absolute atomic E-state index is 13.1. The zero-order valence-electron chi connectivity index (χ0n) is 15.7. The van der Waals surface area contributed by atoms with E-state index < -0.39 is 17.2 Å². The van der Waals surface area contributed by atoms with Crippen LogP contribution in [0.25, 0.3) is 11.0 Å². The normalized spacial score (nSPS) is 10.8. The van der Waals surface area contributed by atoms with Crippen molar-refractivity contribution in [1.29, 1.82) is 0 Å². The van der Waals surface area contributed by atoms with Crippen LogP contribution in [0.3, 0.4) is 0 Å². The fourth-order valence-corrected chi connectivity index (χ4v) is 3.35. The molecule has 150 valence electrons. The minimum absolute atomic E-state index is 0.0341. The van der Waals surface area contributed by atoms with Gasteiger partial charge in [-0.15, -0.1) is 0 Å². The second-order valence-corrected chi connectivity index (χ2v) is 7.46. The van der Waals surface area contributed by atoms with Crippen molar-refractivity contribution in [2.24, 2.45) is 0 Å². The summed E-state index contributed by atoms with van der Waals surface area (Å²) in [6, 6.07) is 13.8. The SMILES string of the molecule is O=C(Cn1c(=O)n(Cc2cccnc2)c(=O)c2ncccc21)Nc1ccc(Br)cc1. The molecule has 1 N–H and O–H groups in total. The van der Waals surface area contributed by atoms with Crippen LogP contribution in [0.5, 0.6) is 0 Å². The Labute approximate surface area is 179 Å². The lowest BCUT2D eigenvalue weighted by Crippen LogP contribution is -2.42. The Morgan fingerprint density at radius 2 is 1.77 bits per heavy atom. The summed E-state index contributed by atoms with van der Waals surface area (Å²) in [6.07, 6.45) is 4.67. The van der Waals surface area contributed by atoms with Gasteiger partial charge in [-0.2, -0.15) is 0 Å². The van der Waals surface area contributed by atoms with Crippen LogP contribution in [0.4, 0.5) is 5.69 Å². The van der Waals surface area contributed by atoms with Crippen molar-refractivity contribution < 1.29 is 4.79 Å². The number of hydrogen-bond donors (Lipinski definition) is 1. The number of aromatic nitrogens is 4. The van der Waals surface area contributed by atoms with Crippen molar-refractivity contribution in [2.45, 2.75) is 13.1 Å². The maximum atomic E-state index is 13.1. The van der Waals surface area contributed by atoms with Crippen molar-refractivity contribution in [1.82, 2.24) is 19.1 Å². The van der Waals surface area contributed by atoms with Gasteiger partial charge >= 0.3 is 5.69 Å². The van der Waals surface area contributed by atoms with Crippen LogP contribution in [-0.4, -0.2) is 25.0 Å². The number of anilines is 1. The molecule has 0 atom stereocenters. The van der Waals surface area contributed by atoms with E-state index in [-0.39, 0.29) is 18.6 Å². The van der Waals surface area contributed by atoms with E-state index in [2.05, 4.69) is 31.2 Å². The first-order chi connectivity index (χ1) is 14.5. The quantitative estimate of drug-likeness (QED) is 0.487. The van der Waals surface area contributed by atoms with Crippen LogP contribution in [-0.2, 0) is 17.9 Å². The first kappa shape index (κ1) is 19.7. The monoisotopic (exact) mass is 465 g/mol. The van der Waals surface area contributed by atoms with Crippen LogP contribution in [0, 0.1) is 0 Å². The number of carbonyl (C=O) groups is 1. The first-order valence-electron chi connectivity index (χ1n) is 9.05. The summed E-state index contributed by atoms with van der Waals surface area (Å²) in [5, 5.41) is 2.76. The zero-order chi connectivity index (χ0) is 21.1. The van der Waals surface area contributed by atoms with Crippen LogP contribution >= 0.6 is 15.9 Å².